The molecule has 0 aromatic rings. The smallest absolute Gasteiger partial charge is 0.219 e. The van der Waals surface area contributed by atoms with Gasteiger partial charge in [0.05, 0.1) is 6.61 Å². The van der Waals surface area contributed by atoms with Crippen molar-refractivity contribution >= 4 is 5.91 Å². The summed E-state index contributed by atoms with van der Waals surface area (Å²) in [7, 11) is 2.02. The van der Waals surface area contributed by atoms with Crippen molar-refractivity contribution in [3.05, 3.63) is 0 Å². The molecule has 1 heterocycles. The highest BCUT2D eigenvalue weighted by molar-refractivity contribution is 5.73. The molecule has 4 nitrogen and oxygen atoms in total. The van der Waals surface area contributed by atoms with Crippen molar-refractivity contribution in [2.75, 3.05) is 39.8 Å². The Kier molecular flexibility index (Phi) is 5.05. The van der Waals surface area contributed by atoms with Crippen LogP contribution in [0.4, 0.5) is 0 Å². The first-order chi connectivity index (χ1) is 7.13. The highest BCUT2D eigenvalue weighted by Crippen LogP contribution is 2.17. The molecule has 0 radical (unpaired) electrons. The molecule has 0 aromatic carbocycles. The number of hydrogen-bond donors (Lipinski definition) is 1. The van der Waals surface area contributed by atoms with Crippen LogP contribution in [0.5, 0.6) is 0 Å². The number of carbonyl (C=O) groups is 1. The number of rotatable bonds is 4. The number of nitrogens with zero attached hydrogens (tertiary/aromatic N) is 2. The van der Waals surface area contributed by atoms with Gasteiger partial charge in [-0.3, -0.25) is 4.79 Å². The molecule has 0 aromatic heterocycles. The fraction of sp³-hybridized carbons (Fsp3) is 0.909. The van der Waals surface area contributed by atoms with E-state index in [1.54, 1.807) is 6.92 Å². The van der Waals surface area contributed by atoms with Gasteiger partial charge in [0.2, 0.25) is 5.91 Å². The van der Waals surface area contributed by atoms with E-state index < -0.39 is 0 Å². The molecule has 1 aliphatic heterocycles. The third-order valence-electron chi connectivity index (χ3n) is 3.02. The molecule has 1 atom stereocenters. The molecule has 1 fully saturated rings. The third-order valence-corrected chi connectivity index (χ3v) is 3.02. The zero-order chi connectivity index (χ0) is 11.3. The Morgan fingerprint density at radius 2 is 2.33 bits per heavy atom. The Bertz CT molecular complexity index is 209. The molecular weight excluding hydrogens is 192 g/mol. The van der Waals surface area contributed by atoms with Crippen LogP contribution in [0.15, 0.2) is 0 Å². The number of likely N-dealkylation sites (tertiary alicyclic amines) is 1. The van der Waals surface area contributed by atoms with Crippen molar-refractivity contribution in [2.45, 2.75) is 19.8 Å². The SMILES string of the molecule is CC(=O)N1CCC[C@H](CN(C)CCO)C1. The van der Waals surface area contributed by atoms with Gasteiger partial charge >= 0.3 is 0 Å². The third kappa shape index (κ3) is 4.18. The van der Waals surface area contributed by atoms with Crippen LogP contribution in [0.1, 0.15) is 19.8 Å². The van der Waals surface area contributed by atoms with Gasteiger partial charge in [-0.2, -0.15) is 0 Å². The first-order valence-electron chi connectivity index (χ1n) is 5.68. The quantitative estimate of drug-likeness (QED) is 0.725. The van der Waals surface area contributed by atoms with Crippen molar-refractivity contribution in [1.29, 1.82) is 0 Å². The van der Waals surface area contributed by atoms with Gasteiger partial charge in [-0.05, 0) is 25.8 Å². The molecule has 88 valence electrons. The summed E-state index contributed by atoms with van der Waals surface area (Å²) in [5.41, 5.74) is 0. The molecule has 0 unspecified atom stereocenters. The second-order valence-electron chi connectivity index (χ2n) is 4.46. The molecule has 1 saturated heterocycles. The van der Waals surface area contributed by atoms with Crippen molar-refractivity contribution in [1.82, 2.24) is 9.80 Å². The van der Waals surface area contributed by atoms with E-state index in [2.05, 4.69) is 4.90 Å². The number of carbonyl (C=O) groups excluding carboxylic acids is 1. The second-order valence-corrected chi connectivity index (χ2v) is 4.46. The fourth-order valence-corrected chi connectivity index (χ4v) is 2.20. The van der Waals surface area contributed by atoms with Crippen LogP contribution in [0, 0.1) is 5.92 Å². The van der Waals surface area contributed by atoms with Crippen LogP contribution < -0.4 is 0 Å². The molecule has 0 spiro atoms. The Balaban J connectivity index is 2.32. The van der Waals surface area contributed by atoms with Crippen LogP contribution >= 0.6 is 0 Å². The van der Waals surface area contributed by atoms with Crippen LogP contribution in [0.25, 0.3) is 0 Å². The maximum Gasteiger partial charge on any atom is 0.219 e. The predicted molar refractivity (Wildman–Crippen MR) is 59.6 cm³/mol. The summed E-state index contributed by atoms with van der Waals surface area (Å²) in [6, 6.07) is 0. The van der Waals surface area contributed by atoms with Crippen LogP contribution in [-0.4, -0.2) is 60.6 Å². The Morgan fingerprint density at radius 3 is 2.93 bits per heavy atom. The average molecular weight is 214 g/mol. The largest absolute Gasteiger partial charge is 0.395 e. The number of aliphatic hydroxyl groups excluding tert-OH is 1. The first-order valence-corrected chi connectivity index (χ1v) is 5.68. The number of amides is 1. The highest BCUT2D eigenvalue weighted by atomic mass is 16.3. The summed E-state index contributed by atoms with van der Waals surface area (Å²) in [5.74, 6) is 0.753. The summed E-state index contributed by atoms with van der Waals surface area (Å²) in [6.07, 6.45) is 2.30. The average Bonchev–Trinajstić information content (AvgIpc) is 2.18. The van der Waals surface area contributed by atoms with E-state index in [0.29, 0.717) is 5.92 Å². The number of piperidine rings is 1. The normalized spacial score (nSPS) is 22.1. The Hall–Kier alpha value is -0.610. The Morgan fingerprint density at radius 1 is 1.60 bits per heavy atom. The predicted octanol–water partition coefficient (Wildman–Crippen LogP) is 0.169. The summed E-state index contributed by atoms with van der Waals surface area (Å²) >= 11 is 0. The molecule has 0 bridgehead atoms. The summed E-state index contributed by atoms with van der Waals surface area (Å²) in [4.78, 5) is 15.3. The Labute approximate surface area is 91.9 Å². The first kappa shape index (κ1) is 12.5. The molecule has 0 aliphatic carbocycles. The standard InChI is InChI=1S/C11H22N2O2/c1-10(15)13-5-3-4-11(9-13)8-12(2)6-7-14/h11,14H,3-9H2,1-2H3/t11-/m1/s1. The van der Waals surface area contributed by atoms with Gasteiger partial charge in [-0.25, -0.2) is 0 Å². The summed E-state index contributed by atoms with van der Waals surface area (Å²) in [5, 5.41) is 8.80. The van der Waals surface area contributed by atoms with E-state index in [1.165, 1.54) is 6.42 Å². The van der Waals surface area contributed by atoms with Gasteiger partial charge in [0.15, 0.2) is 0 Å². The molecule has 0 saturated carbocycles. The topological polar surface area (TPSA) is 43.8 Å². The minimum atomic E-state index is 0.185. The van der Waals surface area contributed by atoms with E-state index in [-0.39, 0.29) is 12.5 Å². The van der Waals surface area contributed by atoms with Gasteiger partial charge < -0.3 is 14.9 Å². The molecule has 1 rings (SSSR count). The molecule has 15 heavy (non-hydrogen) atoms. The van der Waals surface area contributed by atoms with Gasteiger partial charge in [0.1, 0.15) is 0 Å². The van der Waals surface area contributed by atoms with E-state index in [0.717, 1.165) is 32.6 Å². The van der Waals surface area contributed by atoms with Crippen molar-refractivity contribution in [3.8, 4) is 0 Å². The number of hydrogen-bond acceptors (Lipinski definition) is 3. The molecule has 1 aliphatic rings. The minimum absolute atomic E-state index is 0.185. The lowest BCUT2D eigenvalue weighted by molar-refractivity contribution is -0.130. The number of aliphatic hydroxyl groups is 1. The maximum absolute atomic E-state index is 11.2. The van der Waals surface area contributed by atoms with E-state index >= 15 is 0 Å². The zero-order valence-corrected chi connectivity index (χ0v) is 9.78. The molecule has 4 heteroatoms. The second kappa shape index (κ2) is 6.08. The van der Waals surface area contributed by atoms with E-state index in [4.69, 9.17) is 5.11 Å². The van der Waals surface area contributed by atoms with Gasteiger partial charge in [-0.15, -0.1) is 0 Å². The fourth-order valence-electron chi connectivity index (χ4n) is 2.20. The van der Waals surface area contributed by atoms with E-state index in [9.17, 15) is 4.79 Å². The monoisotopic (exact) mass is 214 g/mol. The summed E-state index contributed by atoms with van der Waals surface area (Å²) < 4.78 is 0. The lowest BCUT2D eigenvalue weighted by Crippen LogP contribution is -2.42. The molecule has 1 amide bonds. The van der Waals surface area contributed by atoms with Crippen molar-refractivity contribution in [3.63, 3.8) is 0 Å². The van der Waals surface area contributed by atoms with Crippen LogP contribution in [-0.2, 0) is 4.79 Å². The maximum atomic E-state index is 11.2. The van der Waals surface area contributed by atoms with Gasteiger partial charge in [0.25, 0.3) is 0 Å². The minimum Gasteiger partial charge on any atom is -0.395 e. The lowest BCUT2D eigenvalue weighted by Gasteiger charge is -2.34. The van der Waals surface area contributed by atoms with Crippen LogP contribution in [0.2, 0.25) is 0 Å². The number of likely N-dealkylation sites (N-methyl/N-ethyl adjacent to an activating group) is 1. The van der Waals surface area contributed by atoms with E-state index in [1.807, 2.05) is 11.9 Å². The van der Waals surface area contributed by atoms with Gasteiger partial charge in [0, 0.05) is 33.1 Å². The zero-order valence-electron chi connectivity index (χ0n) is 9.78. The molecule has 1 N–H and O–H groups in total. The van der Waals surface area contributed by atoms with Crippen molar-refractivity contribution < 1.29 is 9.90 Å². The van der Waals surface area contributed by atoms with Crippen LogP contribution in [0.3, 0.4) is 0 Å². The lowest BCUT2D eigenvalue weighted by atomic mass is 9.97. The molecular formula is C11H22N2O2. The highest BCUT2D eigenvalue weighted by Gasteiger charge is 2.22. The van der Waals surface area contributed by atoms with Gasteiger partial charge in [-0.1, -0.05) is 0 Å². The van der Waals surface area contributed by atoms with Crippen molar-refractivity contribution in [2.24, 2.45) is 5.92 Å². The summed E-state index contributed by atoms with van der Waals surface area (Å²) in [6.45, 7) is 5.33.